The Bertz CT molecular complexity index is 890. The molecular weight excluding hydrogens is 322 g/mol. The lowest BCUT2D eigenvalue weighted by atomic mass is 9.78. The summed E-state index contributed by atoms with van der Waals surface area (Å²) in [5, 5.41) is 2.07. The topological polar surface area (TPSA) is 46.6 Å². The van der Waals surface area contributed by atoms with E-state index in [1.807, 2.05) is 48.2 Å². The van der Waals surface area contributed by atoms with Crippen molar-refractivity contribution in [2.45, 2.75) is 18.0 Å². The highest BCUT2D eigenvalue weighted by Gasteiger charge is 2.65. The first-order valence-corrected chi connectivity index (χ1v) is 9.34. The third kappa shape index (κ3) is 1.50. The maximum atomic E-state index is 13.6. The van der Waals surface area contributed by atoms with Crippen molar-refractivity contribution in [3.8, 4) is 0 Å². The molecule has 2 saturated heterocycles. The molecule has 3 atom stereocenters. The lowest BCUT2D eigenvalue weighted by Gasteiger charge is -2.37. The van der Waals surface area contributed by atoms with Gasteiger partial charge in [-0.15, -0.1) is 11.8 Å². The van der Waals surface area contributed by atoms with Gasteiger partial charge >= 0.3 is 5.97 Å². The van der Waals surface area contributed by atoms with Crippen molar-refractivity contribution in [2.75, 3.05) is 18.7 Å². The van der Waals surface area contributed by atoms with Crippen LogP contribution in [-0.2, 0) is 15.1 Å². The second-order valence-corrected chi connectivity index (χ2v) is 7.74. The van der Waals surface area contributed by atoms with Gasteiger partial charge in [0.15, 0.2) is 5.78 Å². The van der Waals surface area contributed by atoms with E-state index in [4.69, 9.17) is 4.74 Å². The predicted octanol–water partition coefficient (Wildman–Crippen LogP) is 2.80. The number of hydrogen-bond acceptors (Lipinski definition) is 5. The first-order chi connectivity index (χ1) is 11.7. The van der Waals surface area contributed by atoms with Gasteiger partial charge in [0.1, 0.15) is 5.54 Å². The van der Waals surface area contributed by atoms with Crippen LogP contribution in [-0.4, -0.2) is 41.4 Å². The summed E-state index contributed by atoms with van der Waals surface area (Å²) in [5.41, 5.74) is 0.848. The van der Waals surface area contributed by atoms with Gasteiger partial charge in [-0.1, -0.05) is 36.4 Å². The molecule has 0 amide bonds. The molecule has 4 nitrogen and oxygen atoms in total. The van der Waals surface area contributed by atoms with Crippen LogP contribution in [0.25, 0.3) is 10.8 Å². The number of benzene rings is 2. The van der Waals surface area contributed by atoms with Crippen LogP contribution >= 0.6 is 11.8 Å². The summed E-state index contributed by atoms with van der Waals surface area (Å²) in [6.07, 6.45) is 0.690. The highest BCUT2D eigenvalue weighted by atomic mass is 32.2. The Hall–Kier alpha value is -1.85. The van der Waals surface area contributed by atoms with E-state index < -0.39 is 11.5 Å². The standard InChI is InChI=1S/C19H17NO3S/c1-23-18(22)15-8-12-9-24-10-20(12)19(15)14-7-3-5-11-4-2-6-13(16(11)14)17(19)21/h2-7,12,15H,8-10H2,1H3/t12-,15?,19-/m1/s1. The number of esters is 1. The van der Waals surface area contributed by atoms with Crippen molar-refractivity contribution in [3.63, 3.8) is 0 Å². The highest BCUT2D eigenvalue weighted by Crippen LogP contribution is 2.57. The number of ketones is 1. The van der Waals surface area contributed by atoms with Crippen LogP contribution in [0.3, 0.4) is 0 Å². The third-order valence-electron chi connectivity index (χ3n) is 5.84. The summed E-state index contributed by atoms with van der Waals surface area (Å²) in [7, 11) is 1.42. The van der Waals surface area contributed by atoms with E-state index in [2.05, 4.69) is 4.90 Å². The van der Waals surface area contributed by atoms with Gasteiger partial charge in [-0.05, 0) is 22.8 Å². The van der Waals surface area contributed by atoms with E-state index >= 15 is 0 Å². The molecule has 5 heteroatoms. The van der Waals surface area contributed by atoms with Crippen LogP contribution in [0, 0.1) is 5.92 Å². The molecule has 1 spiro atoms. The average molecular weight is 339 g/mol. The fourth-order valence-corrected chi connectivity index (χ4v) is 6.23. The molecule has 2 aromatic carbocycles. The van der Waals surface area contributed by atoms with Crippen LogP contribution in [0.2, 0.25) is 0 Å². The van der Waals surface area contributed by atoms with E-state index in [1.165, 1.54) is 7.11 Å². The van der Waals surface area contributed by atoms with E-state index in [9.17, 15) is 9.59 Å². The van der Waals surface area contributed by atoms with Crippen LogP contribution in [0.4, 0.5) is 0 Å². The van der Waals surface area contributed by atoms with Gasteiger partial charge in [-0.3, -0.25) is 14.5 Å². The van der Waals surface area contributed by atoms with Gasteiger partial charge in [0.25, 0.3) is 0 Å². The predicted molar refractivity (Wildman–Crippen MR) is 93.0 cm³/mol. The van der Waals surface area contributed by atoms with E-state index in [0.717, 1.165) is 33.5 Å². The zero-order chi connectivity index (χ0) is 16.5. The van der Waals surface area contributed by atoms with E-state index in [1.54, 1.807) is 0 Å². The summed E-state index contributed by atoms with van der Waals surface area (Å²) in [6.45, 7) is 0. The molecular formula is C19H17NO3S. The Kier molecular flexibility index (Phi) is 2.92. The van der Waals surface area contributed by atoms with E-state index in [0.29, 0.717) is 6.42 Å². The van der Waals surface area contributed by atoms with Gasteiger partial charge < -0.3 is 4.74 Å². The number of carbonyl (C=O) groups is 2. The van der Waals surface area contributed by atoms with Crippen LogP contribution in [0.1, 0.15) is 22.3 Å². The molecule has 3 aliphatic rings. The largest absolute Gasteiger partial charge is 0.469 e. The molecule has 0 bridgehead atoms. The number of hydrogen-bond donors (Lipinski definition) is 0. The van der Waals surface area contributed by atoms with Gasteiger partial charge in [0, 0.05) is 23.2 Å². The Balaban J connectivity index is 1.84. The van der Waals surface area contributed by atoms with Crippen molar-refractivity contribution in [1.29, 1.82) is 0 Å². The summed E-state index contributed by atoms with van der Waals surface area (Å²) >= 11 is 1.84. The smallest absolute Gasteiger partial charge is 0.311 e. The number of nitrogens with zero attached hydrogens (tertiary/aromatic N) is 1. The summed E-state index contributed by atoms with van der Waals surface area (Å²) < 4.78 is 5.10. The number of fused-ring (bicyclic) bond motifs is 3. The van der Waals surface area contributed by atoms with Gasteiger partial charge in [0.05, 0.1) is 13.0 Å². The number of thioether (sulfide) groups is 1. The first-order valence-electron chi connectivity index (χ1n) is 8.19. The lowest BCUT2D eigenvalue weighted by molar-refractivity contribution is -0.147. The minimum Gasteiger partial charge on any atom is -0.469 e. The normalized spacial score (nSPS) is 31.1. The van der Waals surface area contributed by atoms with Crippen molar-refractivity contribution in [3.05, 3.63) is 47.5 Å². The molecule has 2 aromatic rings. The first kappa shape index (κ1) is 14.5. The highest BCUT2D eigenvalue weighted by molar-refractivity contribution is 7.99. The van der Waals surface area contributed by atoms with Gasteiger partial charge in [-0.2, -0.15) is 0 Å². The SMILES string of the molecule is COC(=O)C1C[C@@H]2CSCN2[C@@]12C(=O)c1cccc3cccc2c13. The summed E-state index contributed by atoms with van der Waals surface area (Å²) in [6, 6.07) is 12.2. The molecule has 24 heavy (non-hydrogen) atoms. The van der Waals surface area contributed by atoms with Crippen molar-refractivity contribution in [2.24, 2.45) is 5.92 Å². The minimum atomic E-state index is -0.884. The Morgan fingerprint density at radius 1 is 1.29 bits per heavy atom. The maximum absolute atomic E-state index is 13.6. The molecule has 2 fully saturated rings. The minimum absolute atomic E-state index is 0.0645. The molecule has 2 aliphatic heterocycles. The Labute approximate surface area is 144 Å². The number of Topliss-reactive ketones (excluding diaryl/α,β-unsaturated/α-hetero) is 1. The van der Waals surface area contributed by atoms with Crippen molar-refractivity contribution < 1.29 is 14.3 Å². The third-order valence-corrected chi connectivity index (χ3v) is 6.92. The van der Waals surface area contributed by atoms with Crippen LogP contribution in [0.15, 0.2) is 36.4 Å². The van der Waals surface area contributed by atoms with Crippen molar-refractivity contribution >= 4 is 34.3 Å². The molecule has 1 unspecified atom stereocenters. The van der Waals surface area contributed by atoms with E-state index in [-0.39, 0.29) is 17.8 Å². The molecule has 0 aromatic heterocycles. The van der Waals surface area contributed by atoms with Gasteiger partial charge in [-0.25, -0.2) is 0 Å². The van der Waals surface area contributed by atoms with Crippen LogP contribution < -0.4 is 0 Å². The number of methoxy groups -OCH3 is 1. The second-order valence-electron chi connectivity index (χ2n) is 6.74. The summed E-state index contributed by atoms with van der Waals surface area (Å²) in [5.74, 6) is 1.12. The number of ether oxygens (including phenoxy) is 1. The van der Waals surface area contributed by atoms with Crippen LogP contribution in [0.5, 0.6) is 0 Å². The number of rotatable bonds is 1. The monoisotopic (exact) mass is 339 g/mol. The fraction of sp³-hybridized carbons (Fsp3) is 0.368. The van der Waals surface area contributed by atoms with Crippen molar-refractivity contribution in [1.82, 2.24) is 4.90 Å². The Morgan fingerprint density at radius 3 is 2.88 bits per heavy atom. The molecule has 2 heterocycles. The molecule has 122 valence electrons. The molecule has 0 saturated carbocycles. The molecule has 5 rings (SSSR count). The molecule has 0 N–H and O–H groups in total. The maximum Gasteiger partial charge on any atom is 0.311 e. The zero-order valence-corrected chi connectivity index (χ0v) is 14.1. The fourth-order valence-electron chi connectivity index (χ4n) is 4.93. The number of carbonyl (C=O) groups excluding carboxylic acids is 2. The quantitative estimate of drug-likeness (QED) is 0.748. The zero-order valence-electron chi connectivity index (χ0n) is 13.3. The molecule has 1 aliphatic carbocycles. The van der Waals surface area contributed by atoms with Gasteiger partial charge in [0.2, 0.25) is 0 Å². The molecule has 0 radical (unpaired) electrons. The average Bonchev–Trinajstić information content (AvgIpc) is 3.25. The second kappa shape index (κ2) is 4.83. The Morgan fingerprint density at radius 2 is 2.08 bits per heavy atom. The summed E-state index contributed by atoms with van der Waals surface area (Å²) in [4.78, 5) is 28.5. The lowest BCUT2D eigenvalue weighted by Crippen LogP contribution is -2.51.